The van der Waals surface area contributed by atoms with E-state index < -0.39 is 23.3 Å². The van der Waals surface area contributed by atoms with Crippen molar-refractivity contribution in [3.8, 4) is 41.2 Å². The molecule has 2 bridgehead atoms. The normalized spacial score (nSPS) is 28.2. The summed E-state index contributed by atoms with van der Waals surface area (Å²) in [6.45, 7) is 2.27. The highest BCUT2D eigenvalue weighted by Crippen LogP contribution is 2.45. The number of hydrogen-bond acceptors (Lipinski definition) is 9. The Labute approximate surface area is 262 Å². The number of aromatic nitrogens is 3. The number of phenols is 1. The molecule has 2 N–H and O–H groups in total. The Balaban J connectivity index is 1.25. The highest BCUT2D eigenvalue weighted by atomic mass is 19.1. The first-order valence-electron chi connectivity index (χ1n) is 15.8. The Morgan fingerprint density at radius 3 is 2.91 bits per heavy atom. The lowest BCUT2D eigenvalue weighted by molar-refractivity contribution is 0.107. The summed E-state index contributed by atoms with van der Waals surface area (Å²) in [4.78, 5) is 18.4. The third kappa shape index (κ3) is 4.07. The van der Waals surface area contributed by atoms with E-state index in [0.29, 0.717) is 36.1 Å². The smallest absolute Gasteiger partial charge is 0.319 e. The number of alkyl halides is 1. The minimum absolute atomic E-state index is 0.0179. The summed E-state index contributed by atoms with van der Waals surface area (Å²) in [5.41, 5.74) is -0.688. The van der Waals surface area contributed by atoms with Crippen molar-refractivity contribution in [1.29, 1.82) is 0 Å². The summed E-state index contributed by atoms with van der Waals surface area (Å²) in [5, 5.41) is 15.3. The highest BCUT2D eigenvalue weighted by Gasteiger charge is 2.50. The van der Waals surface area contributed by atoms with Crippen LogP contribution in [-0.4, -0.2) is 87.6 Å². The molecule has 0 spiro atoms. The van der Waals surface area contributed by atoms with Gasteiger partial charge in [0.1, 0.15) is 53.4 Å². The fraction of sp³-hybridized carbons (Fsp3) is 0.441. The maximum absolute atomic E-state index is 17.0. The van der Waals surface area contributed by atoms with Crippen molar-refractivity contribution >= 4 is 27.5 Å². The van der Waals surface area contributed by atoms with Gasteiger partial charge >= 0.3 is 6.01 Å². The van der Waals surface area contributed by atoms with Crippen LogP contribution in [0, 0.1) is 24.0 Å². The molecule has 4 fully saturated rings. The van der Waals surface area contributed by atoms with Gasteiger partial charge in [-0.3, -0.25) is 4.90 Å². The van der Waals surface area contributed by atoms with Crippen molar-refractivity contribution in [1.82, 2.24) is 25.2 Å². The highest BCUT2D eigenvalue weighted by molar-refractivity contribution is 6.04. The average molecular weight is 629 g/mol. The van der Waals surface area contributed by atoms with Crippen LogP contribution in [0.1, 0.15) is 37.7 Å². The first-order chi connectivity index (χ1) is 22.3. The lowest BCUT2D eigenvalue weighted by atomic mass is 9.95. The zero-order valence-corrected chi connectivity index (χ0v) is 24.9. The van der Waals surface area contributed by atoms with Crippen molar-refractivity contribution in [3.05, 3.63) is 41.5 Å². The summed E-state index contributed by atoms with van der Waals surface area (Å²) < 4.78 is 59.1. The predicted molar refractivity (Wildman–Crippen MR) is 165 cm³/mol. The SMILES string of the molecule is C#Cc1c(F)ccc2cc(O)cc(-c3nc4c5c(nc(OCC67CCCN6C[C@@H](F)C7)nc5c3F)N3C[C@@H]5CC[C@@H](N5)[C@@H]3CO4)c12. The minimum Gasteiger partial charge on any atom is -0.508 e. The quantitative estimate of drug-likeness (QED) is 0.318. The van der Waals surface area contributed by atoms with Crippen LogP contribution in [-0.2, 0) is 0 Å². The molecule has 236 valence electrons. The van der Waals surface area contributed by atoms with E-state index in [-0.39, 0.29) is 76.7 Å². The van der Waals surface area contributed by atoms with Crippen LogP contribution in [0.3, 0.4) is 0 Å². The number of halogens is 3. The number of hydrogen-bond donors (Lipinski definition) is 2. The Hall–Kier alpha value is -4.34. The van der Waals surface area contributed by atoms with Crippen molar-refractivity contribution in [3.63, 3.8) is 0 Å². The van der Waals surface area contributed by atoms with E-state index in [1.807, 2.05) is 0 Å². The van der Waals surface area contributed by atoms with Gasteiger partial charge in [-0.25, -0.2) is 18.2 Å². The second-order valence-corrected chi connectivity index (χ2v) is 13.2. The maximum atomic E-state index is 17.0. The molecular weight excluding hydrogens is 597 g/mol. The van der Waals surface area contributed by atoms with Crippen molar-refractivity contribution in [2.45, 2.75) is 61.9 Å². The molecule has 2 aromatic heterocycles. The topological polar surface area (TPSA) is 95.9 Å². The molecule has 4 saturated heterocycles. The van der Waals surface area contributed by atoms with Gasteiger partial charge in [-0.15, -0.1) is 6.42 Å². The zero-order valence-electron chi connectivity index (χ0n) is 24.9. The number of anilines is 1. The third-order valence-corrected chi connectivity index (χ3v) is 10.6. The number of pyridine rings is 1. The largest absolute Gasteiger partial charge is 0.508 e. The average Bonchev–Trinajstić information content (AvgIpc) is 3.68. The van der Waals surface area contributed by atoms with E-state index in [2.05, 4.69) is 31.0 Å². The summed E-state index contributed by atoms with van der Waals surface area (Å²) in [7, 11) is 0. The molecule has 4 aromatic rings. The molecule has 5 atom stereocenters. The molecule has 12 heteroatoms. The molecule has 0 amide bonds. The number of ether oxygens (including phenoxy) is 2. The molecule has 9 rings (SSSR count). The van der Waals surface area contributed by atoms with Crippen molar-refractivity contribution < 1.29 is 27.8 Å². The summed E-state index contributed by atoms with van der Waals surface area (Å²) in [6.07, 6.45) is 8.89. The van der Waals surface area contributed by atoms with Gasteiger partial charge in [0.05, 0.1) is 17.1 Å². The Bertz CT molecular complexity index is 1990. The molecule has 0 radical (unpaired) electrons. The third-order valence-electron chi connectivity index (χ3n) is 10.6. The van der Waals surface area contributed by atoms with Crippen molar-refractivity contribution in [2.24, 2.45) is 0 Å². The molecule has 7 heterocycles. The molecule has 5 aliphatic rings. The molecule has 9 nitrogen and oxygen atoms in total. The van der Waals surface area contributed by atoms with Crippen molar-refractivity contribution in [2.75, 3.05) is 37.7 Å². The number of terminal acetylenes is 1. The molecule has 0 saturated carbocycles. The van der Waals surface area contributed by atoms with E-state index in [4.69, 9.17) is 20.9 Å². The van der Waals surface area contributed by atoms with Crippen LogP contribution in [0.2, 0.25) is 0 Å². The van der Waals surface area contributed by atoms with E-state index in [9.17, 15) is 13.9 Å². The molecule has 2 aromatic carbocycles. The van der Waals surface area contributed by atoms with Crippen LogP contribution < -0.4 is 19.7 Å². The number of aromatic hydroxyl groups is 1. The Morgan fingerprint density at radius 2 is 2.04 bits per heavy atom. The fourth-order valence-corrected chi connectivity index (χ4v) is 8.56. The first-order valence-corrected chi connectivity index (χ1v) is 15.8. The molecule has 1 unspecified atom stereocenters. The van der Waals surface area contributed by atoms with Gasteiger partial charge in [-0.2, -0.15) is 9.97 Å². The standard InChI is InChI=1S/C34H31F3N6O3/c1-2-21-23(36)6-4-17-10-20(44)11-22(26(17)21)29-28(37)30-27-31(43-14-19-5-7-24(38-19)25(43)15-45-32(27)39-29)41-33(40-30)46-16-34-8-3-9-42(34)13-18(35)12-34/h1,4,6,10-11,18-19,24-25,38,44H,3,5,7-9,12-16H2/t18-,19-,24+,25-,34?/m0/s1. The van der Waals surface area contributed by atoms with Gasteiger partial charge in [0.15, 0.2) is 5.82 Å². The van der Waals surface area contributed by atoms with Crippen LogP contribution >= 0.6 is 0 Å². The Kier molecular flexibility index (Phi) is 6.12. The molecular formula is C34H31F3N6O3. The number of phenolic OH excluding ortho intramolecular Hbond substituents is 1. The van der Waals surface area contributed by atoms with E-state index in [1.54, 1.807) is 0 Å². The monoisotopic (exact) mass is 628 g/mol. The number of rotatable bonds is 4. The second-order valence-electron chi connectivity index (χ2n) is 13.2. The predicted octanol–water partition coefficient (Wildman–Crippen LogP) is 4.47. The summed E-state index contributed by atoms with van der Waals surface area (Å²) >= 11 is 0. The van der Waals surface area contributed by atoms with Gasteiger partial charge in [0, 0.05) is 42.5 Å². The van der Waals surface area contributed by atoms with Crippen LogP contribution in [0.25, 0.3) is 32.9 Å². The number of piperazine rings is 1. The lowest BCUT2D eigenvalue weighted by Crippen LogP contribution is -2.60. The number of fused-ring (bicyclic) bond motifs is 7. The van der Waals surface area contributed by atoms with Crippen LogP contribution in [0.15, 0.2) is 24.3 Å². The van der Waals surface area contributed by atoms with Gasteiger partial charge in [-0.05, 0) is 55.8 Å². The molecule has 46 heavy (non-hydrogen) atoms. The maximum Gasteiger partial charge on any atom is 0.319 e. The van der Waals surface area contributed by atoms with E-state index in [1.165, 1.54) is 24.3 Å². The zero-order chi connectivity index (χ0) is 31.3. The molecule has 5 aliphatic heterocycles. The van der Waals surface area contributed by atoms with E-state index in [0.717, 1.165) is 32.2 Å². The first kappa shape index (κ1) is 27.9. The van der Waals surface area contributed by atoms with Gasteiger partial charge < -0.3 is 24.8 Å². The lowest BCUT2D eigenvalue weighted by Gasteiger charge is -2.40. The van der Waals surface area contributed by atoms with Gasteiger partial charge in [0.2, 0.25) is 5.88 Å². The number of benzene rings is 2. The van der Waals surface area contributed by atoms with Gasteiger partial charge in [0.25, 0.3) is 0 Å². The minimum atomic E-state index is -0.927. The van der Waals surface area contributed by atoms with E-state index >= 15 is 4.39 Å². The van der Waals surface area contributed by atoms with Crippen LogP contribution in [0.4, 0.5) is 19.0 Å². The van der Waals surface area contributed by atoms with Crippen LogP contribution in [0.5, 0.6) is 17.6 Å². The molecule has 0 aliphatic carbocycles. The van der Waals surface area contributed by atoms with Gasteiger partial charge in [-0.1, -0.05) is 12.0 Å². The number of nitrogens with one attached hydrogen (secondary N) is 1. The fourth-order valence-electron chi connectivity index (χ4n) is 8.56. The summed E-state index contributed by atoms with van der Waals surface area (Å²) in [5.74, 6) is 1.35. The summed E-state index contributed by atoms with van der Waals surface area (Å²) in [6, 6.07) is 5.72. The Morgan fingerprint density at radius 1 is 1.15 bits per heavy atom. The number of nitrogens with zero attached hydrogens (tertiary/aromatic N) is 5. The second kappa shape index (κ2) is 10.1.